The van der Waals surface area contributed by atoms with Crippen molar-refractivity contribution in [1.82, 2.24) is 0 Å². The molecule has 0 radical (unpaired) electrons. The van der Waals surface area contributed by atoms with E-state index in [4.69, 9.17) is 0 Å². The van der Waals surface area contributed by atoms with Gasteiger partial charge in [-0.3, -0.25) is 0 Å². The Morgan fingerprint density at radius 3 is 2.54 bits per heavy atom. The third-order valence-corrected chi connectivity index (χ3v) is 5.72. The smallest absolute Gasteiger partial charge is 0.130 e. The summed E-state index contributed by atoms with van der Waals surface area (Å²) in [5, 5.41) is 10.9. The summed E-state index contributed by atoms with van der Waals surface area (Å²) < 4.78 is 14.5. The van der Waals surface area contributed by atoms with Crippen molar-refractivity contribution in [2.75, 3.05) is 5.33 Å². The Kier molecular flexibility index (Phi) is 6.90. The Hall–Kier alpha value is -1.61. The van der Waals surface area contributed by atoms with Gasteiger partial charge in [0.25, 0.3) is 0 Å². The molecule has 0 atom stereocenters. The lowest BCUT2D eigenvalue weighted by Gasteiger charge is -2.17. The number of unbranched alkanes of at least 4 members (excludes halogenated alkanes) is 3. The van der Waals surface area contributed by atoms with E-state index in [2.05, 4.69) is 15.9 Å². The Morgan fingerprint density at radius 1 is 0.923 bits per heavy atom. The second kappa shape index (κ2) is 9.36. The SMILES string of the molecule is Oc1ccc2c(c1)CCCC(c1ccccc1F)=C2CCCCCCBr. The van der Waals surface area contributed by atoms with Gasteiger partial charge in [-0.2, -0.15) is 0 Å². The minimum atomic E-state index is -0.137. The van der Waals surface area contributed by atoms with Gasteiger partial charge in [0.15, 0.2) is 0 Å². The number of aromatic hydroxyl groups is 1. The van der Waals surface area contributed by atoms with Crippen LogP contribution in [0.3, 0.4) is 0 Å². The molecule has 0 saturated carbocycles. The number of phenolic OH excluding ortho intramolecular Hbond substituents is 1. The van der Waals surface area contributed by atoms with Crippen molar-refractivity contribution < 1.29 is 9.50 Å². The zero-order chi connectivity index (χ0) is 18.4. The molecule has 1 N–H and O–H groups in total. The molecular weight excluding hydrogens is 391 g/mol. The fourth-order valence-electron chi connectivity index (χ4n) is 3.89. The zero-order valence-electron chi connectivity index (χ0n) is 15.1. The van der Waals surface area contributed by atoms with E-state index in [9.17, 15) is 9.50 Å². The summed E-state index contributed by atoms with van der Waals surface area (Å²) in [7, 11) is 0. The predicted molar refractivity (Wildman–Crippen MR) is 111 cm³/mol. The summed E-state index contributed by atoms with van der Waals surface area (Å²) >= 11 is 3.49. The number of allylic oxidation sites excluding steroid dienone is 2. The van der Waals surface area contributed by atoms with E-state index in [1.165, 1.54) is 36.0 Å². The van der Waals surface area contributed by atoms with E-state index in [1.54, 1.807) is 18.2 Å². The average Bonchev–Trinajstić information content (AvgIpc) is 2.81. The fourth-order valence-corrected chi connectivity index (χ4v) is 4.29. The molecule has 0 amide bonds. The molecule has 26 heavy (non-hydrogen) atoms. The summed E-state index contributed by atoms with van der Waals surface area (Å²) in [6.45, 7) is 0. The number of fused-ring (bicyclic) bond motifs is 1. The molecule has 3 rings (SSSR count). The number of hydrogen-bond acceptors (Lipinski definition) is 1. The first kappa shape index (κ1) is 19.2. The Labute approximate surface area is 164 Å². The third kappa shape index (κ3) is 4.56. The molecule has 1 aliphatic carbocycles. The lowest BCUT2D eigenvalue weighted by Crippen LogP contribution is -1.96. The van der Waals surface area contributed by atoms with Crippen LogP contribution in [-0.2, 0) is 6.42 Å². The maximum Gasteiger partial charge on any atom is 0.130 e. The quantitative estimate of drug-likeness (QED) is 0.376. The van der Waals surface area contributed by atoms with Crippen LogP contribution in [0.15, 0.2) is 42.5 Å². The molecular formula is C23H26BrFO. The highest BCUT2D eigenvalue weighted by atomic mass is 79.9. The van der Waals surface area contributed by atoms with Crippen molar-refractivity contribution in [2.24, 2.45) is 0 Å². The van der Waals surface area contributed by atoms with Gasteiger partial charge in [0.1, 0.15) is 11.6 Å². The summed E-state index contributed by atoms with van der Waals surface area (Å²) in [5.41, 5.74) is 5.53. The molecule has 0 spiro atoms. The maximum atomic E-state index is 14.5. The molecule has 0 aliphatic heterocycles. The number of phenols is 1. The predicted octanol–water partition coefficient (Wildman–Crippen LogP) is 7.12. The first-order chi connectivity index (χ1) is 12.7. The lowest BCUT2D eigenvalue weighted by molar-refractivity contribution is 0.474. The molecule has 0 unspecified atom stereocenters. The summed E-state index contributed by atoms with van der Waals surface area (Å²) in [4.78, 5) is 0. The fraction of sp³-hybridized carbons (Fsp3) is 0.391. The van der Waals surface area contributed by atoms with Crippen molar-refractivity contribution in [3.63, 3.8) is 0 Å². The molecule has 3 heteroatoms. The van der Waals surface area contributed by atoms with Crippen LogP contribution in [0.4, 0.5) is 4.39 Å². The van der Waals surface area contributed by atoms with E-state index in [-0.39, 0.29) is 5.82 Å². The van der Waals surface area contributed by atoms with E-state index in [0.29, 0.717) is 5.75 Å². The normalized spacial score (nSPS) is 14.2. The highest BCUT2D eigenvalue weighted by molar-refractivity contribution is 9.09. The average molecular weight is 417 g/mol. The van der Waals surface area contributed by atoms with Gasteiger partial charge in [0, 0.05) is 10.9 Å². The molecule has 0 bridgehead atoms. The second-order valence-corrected chi connectivity index (χ2v) is 7.78. The van der Waals surface area contributed by atoms with Crippen LogP contribution in [0, 0.1) is 5.82 Å². The van der Waals surface area contributed by atoms with Crippen molar-refractivity contribution in [3.05, 3.63) is 65.0 Å². The minimum Gasteiger partial charge on any atom is -0.508 e. The first-order valence-corrected chi connectivity index (χ1v) is 10.7. The topological polar surface area (TPSA) is 20.2 Å². The molecule has 0 heterocycles. The van der Waals surface area contributed by atoms with Gasteiger partial charge < -0.3 is 5.11 Å². The molecule has 0 fully saturated rings. The molecule has 138 valence electrons. The van der Waals surface area contributed by atoms with Crippen molar-refractivity contribution in [1.29, 1.82) is 0 Å². The number of hydrogen-bond donors (Lipinski definition) is 1. The number of benzene rings is 2. The molecule has 2 aromatic carbocycles. The standard InChI is InChI=1S/C23H26BrFO/c24-15-6-2-1-3-9-20-19-14-13-18(26)16-17(19)8-7-11-21(20)22-10-4-5-12-23(22)25/h4-5,10,12-14,16,26H,1-3,6-9,11,15H2. The van der Waals surface area contributed by atoms with E-state index < -0.39 is 0 Å². The zero-order valence-corrected chi connectivity index (χ0v) is 16.7. The number of halogens is 2. The molecule has 1 nitrogen and oxygen atoms in total. The number of alkyl halides is 1. The second-order valence-electron chi connectivity index (χ2n) is 6.99. The highest BCUT2D eigenvalue weighted by Gasteiger charge is 2.20. The Bertz CT molecular complexity index is 782. The maximum absolute atomic E-state index is 14.5. The van der Waals surface area contributed by atoms with Crippen LogP contribution in [0.25, 0.3) is 11.1 Å². The highest BCUT2D eigenvalue weighted by Crippen LogP contribution is 2.40. The van der Waals surface area contributed by atoms with Crippen molar-refractivity contribution in [3.8, 4) is 5.75 Å². The molecule has 1 aliphatic rings. The number of rotatable bonds is 7. The van der Waals surface area contributed by atoms with Gasteiger partial charge in [-0.05, 0) is 79.0 Å². The van der Waals surface area contributed by atoms with E-state index in [0.717, 1.165) is 48.6 Å². The van der Waals surface area contributed by atoms with Gasteiger partial charge in [-0.25, -0.2) is 4.39 Å². The van der Waals surface area contributed by atoms with Crippen LogP contribution in [-0.4, -0.2) is 10.4 Å². The van der Waals surface area contributed by atoms with E-state index in [1.807, 2.05) is 24.3 Å². The van der Waals surface area contributed by atoms with Gasteiger partial charge in [-0.1, -0.05) is 53.0 Å². The largest absolute Gasteiger partial charge is 0.508 e. The first-order valence-electron chi connectivity index (χ1n) is 9.56. The van der Waals surface area contributed by atoms with Crippen LogP contribution >= 0.6 is 15.9 Å². The lowest BCUT2D eigenvalue weighted by atomic mass is 9.89. The summed E-state index contributed by atoms with van der Waals surface area (Å²) in [5.74, 6) is 0.177. The molecule has 0 saturated heterocycles. The van der Waals surface area contributed by atoms with Gasteiger partial charge in [-0.15, -0.1) is 0 Å². The van der Waals surface area contributed by atoms with Gasteiger partial charge in [0.2, 0.25) is 0 Å². The van der Waals surface area contributed by atoms with Crippen molar-refractivity contribution >= 4 is 27.1 Å². The Morgan fingerprint density at radius 2 is 1.73 bits per heavy atom. The monoisotopic (exact) mass is 416 g/mol. The minimum absolute atomic E-state index is 0.137. The van der Waals surface area contributed by atoms with Crippen LogP contribution < -0.4 is 0 Å². The van der Waals surface area contributed by atoms with E-state index >= 15 is 0 Å². The summed E-state index contributed by atoms with van der Waals surface area (Å²) in [6.07, 6.45) is 8.46. The van der Waals surface area contributed by atoms with Crippen molar-refractivity contribution in [2.45, 2.75) is 51.4 Å². The summed E-state index contributed by atoms with van der Waals surface area (Å²) in [6, 6.07) is 12.8. The number of aryl methyl sites for hydroxylation is 1. The van der Waals surface area contributed by atoms with Crippen LogP contribution in [0.5, 0.6) is 5.75 Å². The van der Waals surface area contributed by atoms with Gasteiger partial charge >= 0.3 is 0 Å². The molecule has 0 aromatic heterocycles. The molecule has 2 aromatic rings. The third-order valence-electron chi connectivity index (χ3n) is 5.16. The van der Waals surface area contributed by atoms with Crippen LogP contribution in [0.1, 0.15) is 61.6 Å². The van der Waals surface area contributed by atoms with Gasteiger partial charge in [0.05, 0.1) is 0 Å². The Balaban J connectivity index is 1.99. The van der Waals surface area contributed by atoms with Crippen LogP contribution in [0.2, 0.25) is 0 Å².